The third-order valence-corrected chi connectivity index (χ3v) is 11.8. The number of nitrogens with zero attached hydrogens (tertiary/aromatic N) is 5. The van der Waals surface area contributed by atoms with Gasteiger partial charge >= 0.3 is 0 Å². The monoisotopic (exact) mass is 608 g/mol. The summed E-state index contributed by atoms with van der Waals surface area (Å²) >= 11 is 0. The molecule has 0 spiro atoms. The summed E-state index contributed by atoms with van der Waals surface area (Å²) in [5, 5.41) is 3.68. The average Bonchev–Trinajstić information content (AvgIpc) is 3.89. The Hall–Kier alpha value is -2.56. The molecule has 2 atom stereocenters. The highest BCUT2D eigenvalue weighted by Gasteiger charge is 2.37. The molecule has 43 heavy (non-hydrogen) atoms. The summed E-state index contributed by atoms with van der Waals surface area (Å²) in [5.74, 6) is 2.49. The molecule has 1 aromatic heterocycles. The van der Waals surface area contributed by atoms with Gasteiger partial charge in [-0.3, -0.25) is 4.79 Å². The van der Waals surface area contributed by atoms with E-state index in [-0.39, 0.29) is 11.9 Å². The molecule has 6 rings (SSSR count). The maximum absolute atomic E-state index is 13.8. The number of piperidine rings is 2. The Bertz CT molecular complexity index is 1350. The number of carbonyl (C=O) groups excluding carboxylic acids is 1. The largest absolute Gasteiger partial charge is 0.369 e. The van der Waals surface area contributed by atoms with Gasteiger partial charge in [0.25, 0.3) is 5.91 Å². The Morgan fingerprint density at radius 1 is 0.930 bits per heavy atom. The van der Waals surface area contributed by atoms with Crippen molar-refractivity contribution in [1.29, 1.82) is 0 Å². The molecule has 234 valence electrons. The van der Waals surface area contributed by atoms with Crippen molar-refractivity contribution in [2.75, 3.05) is 51.3 Å². The average molecular weight is 609 g/mol. The molecule has 2 aliphatic carbocycles. The van der Waals surface area contributed by atoms with Gasteiger partial charge in [0.05, 0.1) is 6.26 Å². The molecule has 0 bridgehead atoms. The number of benzene rings is 1. The van der Waals surface area contributed by atoms with Gasteiger partial charge in [0, 0.05) is 44.3 Å². The maximum atomic E-state index is 13.8. The molecule has 1 aromatic carbocycles. The SMILES string of the molecule is CN(C1CCN(C2CCN(C(=O)c3ncnc(NC[C@H]4CCC[C@@H](c5ccccc5)C4)c3C3CC3)CC2)CC1)S(C)(=O)=O. The molecule has 2 aromatic rings. The lowest BCUT2D eigenvalue weighted by atomic mass is 9.78. The smallest absolute Gasteiger partial charge is 0.272 e. The van der Waals surface area contributed by atoms with Crippen molar-refractivity contribution >= 4 is 21.7 Å². The van der Waals surface area contributed by atoms with Crippen LogP contribution in [0.3, 0.4) is 0 Å². The van der Waals surface area contributed by atoms with E-state index in [1.54, 1.807) is 13.4 Å². The second-order valence-corrected chi connectivity index (χ2v) is 15.4. The molecule has 4 aliphatic rings. The Kier molecular flexibility index (Phi) is 9.35. The van der Waals surface area contributed by atoms with Gasteiger partial charge in [-0.15, -0.1) is 0 Å². The Morgan fingerprint density at radius 3 is 2.33 bits per heavy atom. The highest BCUT2D eigenvalue weighted by Crippen LogP contribution is 2.45. The van der Waals surface area contributed by atoms with Crippen LogP contribution >= 0.6 is 0 Å². The van der Waals surface area contributed by atoms with E-state index in [1.807, 2.05) is 4.90 Å². The van der Waals surface area contributed by atoms with Crippen LogP contribution in [0.2, 0.25) is 0 Å². The van der Waals surface area contributed by atoms with Crippen LogP contribution in [0.15, 0.2) is 36.7 Å². The topological polar surface area (TPSA) is 98.7 Å². The molecule has 2 saturated heterocycles. The second-order valence-electron chi connectivity index (χ2n) is 13.3. The van der Waals surface area contributed by atoms with Crippen molar-refractivity contribution < 1.29 is 13.2 Å². The maximum Gasteiger partial charge on any atom is 0.272 e. The first-order valence-corrected chi connectivity index (χ1v) is 18.2. The predicted molar refractivity (Wildman–Crippen MR) is 170 cm³/mol. The van der Waals surface area contributed by atoms with Crippen molar-refractivity contribution in [3.63, 3.8) is 0 Å². The van der Waals surface area contributed by atoms with Crippen LogP contribution in [0.5, 0.6) is 0 Å². The number of nitrogens with one attached hydrogen (secondary N) is 1. The van der Waals surface area contributed by atoms with Crippen LogP contribution in [-0.4, -0.2) is 96.5 Å². The molecule has 1 amide bonds. The van der Waals surface area contributed by atoms with Crippen LogP contribution in [0.25, 0.3) is 0 Å². The van der Waals surface area contributed by atoms with E-state index < -0.39 is 10.0 Å². The summed E-state index contributed by atoms with van der Waals surface area (Å²) in [6, 6.07) is 11.4. The van der Waals surface area contributed by atoms with Gasteiger partial charge in [-0.1, -0.05) is 36.8 Å². The first kappa shape index (κ1) is 30.5. The van der Waals surface area contributed by atoms with E-state index in [0.29, 0.717) is 29.5 Å². The molecule has 0 unspecified atom stereocenters. The van der Waals surface area contributed by atoms with Crippen LogP contribution < -0.4 is 5.32 Å². The zero-order valence-corrected chi connectivity index (χ0v) is 26.6. The molecular weight excluding hydrogens is 560 g/mol. The normalized spacial score (nSPS) is 24.8. The lowest BCUT2D eigenvalue weighted by Crippen LogP contribution is -2.52. The van der Waals surface area contributed by atoms with E-state index in [9.17, 15) is 13.2 Å². The summed E-state index contributed by atoms with van der Waals surface area (Å²) in [6.45, 7) is 4.15. The van der Waals surface area contributed by atoms with Crippen molar-refractivity contribution in [2.45, 2.75) is 88.1 Å². The van der Waals surface area contributed by atoms with E-state index in [4.69, 9.17) is 0 Å². The van der Waals surface area contributed by atoms with E-state index in [1.165, 1.54) is 41.8 Å². The van der Waals surface area contributed by atoms with Gasteiger partial charge in [0.1, 0.15) is 17.8 Å². The Balaban J connectivity index is 1.04. The third-order valence-electron chi connectivity index (χ3n) is 10.5. The van der Waals surface area contributed by atoms with Crippen molar-refractivity contribution in [1.82, 2.24) is 24.1 Å². The van der Waals surface area contributed by atoms with E-state index >= 15 is 0 Å². The summed E-state index contributed by atoms with van der Waals surface area (Å²) in [5.41, 5.74) is 3.07. The van der Waals surface area contributed by atoms with E-state index in [2.05, 4.69) is 50.5 Å². The number of amides is 1. The number of hydrogen-bond donors (Lipinski definition) is 1. The van der Waals surface area contributed by atoms with Crippen LogP contribution in [0, 0.1) is 5.92 Å². The van der Waals surface area contributed by atoms with Gasteiger partial charge in [-0.2, -0.15) is 0 Å². The number of hydrogen-bond acceptors (Lipinski definition) is 7. The minimum Gasteiger partial charge on any atom is -0.369 e. The molecule has 4 fully saturated rings. The fourth-order valence-corrected chi connectivity index (χ4v) is 8.43. The second kappa shape index (κ2) is 13.2. The van der Waals surface area contributed by atoms with Crippen LogP contribution in [0.4, 0.5) is 5.82 Å². The Labute approximate surface area is 257 Å². The van der Waals surface area contributed by atoms with Gasteiger partial charge in [-0.25, -0.2) is 22.7 Å². The fourth-order valence-electron chi connectivity index (χ4n) is 7.68. The summed E-state index contributed by atoms with van der Waals surface area (Å²) < 4.78 is 25.4. The van der Waals surface area contributed by atoms with E-state index in [0.717, 1.165) is 82.6 Å². The van der Waals surface area contributed by atoms with Crippen molar-refractivity contribution in [3.8, 4) is 0 Å². The zero-order chi connectivity index (χ0) is 30.0. The molecule has 1 N–H and O–H groups in total. The molecule has 0 radical (unpaired) electrons. The molecule has 2 aliphatic heterocycles. The lowest BCUT2D eigenvalue weighted by Gasteiger charge is -2.43. The van der Waals surface area contributed by atoms with Crippen LogP contribution in [0.1, 0.15) is 97.7 Å². The number of carbonyl (C=O) groups is 1. The molecule has 10 heteroatoms. The first-order chi connectivity index (χ1) is 20.8. The number of rotatable bonds is 9. The molecule has 2 saturated carbocycles. The zero-order valence-electron chi connectivity index (χ0n) is 25.8. The third kappa shape index (κ3) is 7.23. The first-order valence-electron chi connectivity index (χ1n) is 16.4. The molecular formula is C33H48N6O3S. The Morgan fingerprint density at radius 2 is 1.65 bits per heavy atom. The quantitative estimate of drug-likeness (QED) is 0.441. The summed E-state index contributed by atoms with van der Waals surface area (Å²) in [6.07, 6.45) is 13.6. The van der Waals surface area contributed by atoms with Gasteiger partial charge in [-0.05, 0) is 94.2 Å². The molecule has 3 heterocycles. The summed E-state index contributed by atoms with van der Waals surface area (Å²) in [4.78, 5) is 27.6. The predicted octanol–water partition coefficient (Wildman–Crippen LogP) is 4.70. The standard InChI is InChI=1S/C33H48N6O3S/c1-37(43(2,41)42)28-13-17-38(18-14-28)29-15-19-39(20-16-29)33(40)31-30(26-11-12-26)32(36-23-35-31)34-22-24-7-6-10-27(21-24)25-8-4-3-5-9-25/h3-5,8-9,23-24,26-29H,6-7,10-22H2,1-2H3,(H,34,35,36)/t24-,27+/m0/s1. The minimum absolute atomic E-state index is 0.0427. The molecule has 9 nitrogen and oxygen atoms in total. The minimum atomic E-state index is -3.16. The number of likely N-dealkylation sites (tertiary alicyclic amines) is 2. The fraction of sp³-hybridized carbons (Fsp3) is 0.667. The lowest BCUT2D eigenvalue weighted by molar-refractivity contribution is 0.0542. The van der Waals surface area contributed by atoms with Crippen molar-refractivity contribution in [2.24, 2.45) is 5.92 Å². The number of sulfonamides is 1. The highest BCUT2D eigenvalue weighted by atomic mass is 32.2. The highest BCUT2D eigenvalue weighted by molar-refractivity contribution is 7.88. The number of anilines is 1. The van der Waals surface area contributed by atoms with Gasteiger partial charge < -0.3 is 15.1 Å². The van der Waals surface area contributed by atoms with Crippen LogP contribution in [-0.2, 0) is 10.0 Å². The summed E-state index contributed by atoms with van der Waals surface area (Å²) in [7, 11) is -1.47. The number of aromatic nitrogens is 2. The van der Waals surface area contributed by atoms with Gasteiger partial charge in [0.2, 0.25) is 10.0 Å². The van der Waals surface area contributed by atoms with Crippen molar-refractivity contribution in [3.05, 3.63) is 53.5 Å². The van der Waals surface area contributed by atoms with Gasteiger partial charge in [0.15, 0.2) is 0 Å².